The number of rotatable bonds is 4. The van der Waals surface area contributed by atoms with Gasteiger partial charge in [-0.15, -0.1) is 0 Å². The number of hydrogen-bond acceptors (Lipinski definition) is 4. The Balaban J connectivity index is 1.73. The first-order valence-corrected chi connectivity index (χ1v) is 6.87. The fourth-order valence-corrected chi connectivity index (χ4v) is 2.37. The molecule has 0 saturated carbocycles. The molecule has 108 valence electrons. The first-order chi connectivity index (χ1) is 10.1. The highest BCUT2D eigenvalue weighted by Crippen LogP contribution is 2.20. The molecule has 0 aliphatic rings. The van der Waals surface area contributed by atoms with Gasteiger partial charge in [0.2, 0.25) is 5.28 Å². The monoisotopic (exact) mass is 305 g/mol. The first-order valence-electron chi connectivity index (χ1n) is 6.49. The second kappa shape index (κ2) is 5.65. The van der Waals surface area contributed by atoms with Gasteiger partial charge in [-0.3, -0.25) is 5.10 Å². The van der Waals surface area contributed by atoms with Gasteiger partial charge in [-0.1, -0.05) is 6.07 Å². The Morgan fingerprint density at radius 2 is 2.19 bits per heavy atom. The van der Waals surface area contributed by atoms with Gasteiger partial charge < -0.3 is 5.32 Å². The van der Waals surface area contributed by atoms with Crippen LogP contribution in [0.15, 0.2) is 24.4 Å². The van der Waals surface area contributed by atoms with Crippen molar-refractivity contribution >= 4 is 28.5 Å². The van der Waals surface area contributed by atoms with Crippen LogP contribution in [0.3, 0.4) is 0 Å². The molecule has 0 atom stereocenters. The molecular formula is C14H13ClFN5. The van der Waals surface area contributed by atoms with Gasteiger partial charge in [0.15, 0.2) is 5.65 Å². The van der Waals surface area contributed by atoms with E-state index in [0.717, 1.165) is 22.9 Å². The summed E-state index contributed by atoms with van der Waals surface area (Å²) in [7, 11) is 0. The Morgan fingerprint density at radius 3 is 3.00 bits per heavy atom. The molecule has 0 fully saturated rings. The average Bonchev–Trinajstić information content (AvgIpc) is 2.89. The van der Waals surface area contributed by atoms with E-state index in [1.807, 2.05) is 6.92 Å². The lowest BCUT2D eigenvalue weighted by Gasteiger charge is -2.09. The van der Waals surface area contributed by atoms with E-state index in [0.29, 0.717) is 18.0 Å². The van der Waals surface area contributed by atoms with Crippen LogP contribution in [0, 0.1) is 12.7 Å². The molecule has 0 unspecified atom stereocenters. The third-order valence-electron chi connectivity index (χ3n) is 3.27. The number of aryl methyl sites for hydroxylation is 1. The minimum Gasteiger partial charge on any atom is -0.369 e. The number of fused-ring (bicyclic) bond motifs is 1. The number of aromatic amines is 1. The standard InChI is InChI=1S/C14H13ClFN5/c1-8-6-10(16)3-2-9(8)4-5-17-12-11-7-18-21-13(11)20-14(15)19-12/h2-3,6-7H,4-5H2,1H3,(H2,17,18,19,20,21). The zero-order valence-electron chi connectivity index (χ0n) is 11.3. The second-order valence-electron chi connectivity index (χ2n) is 4.72. The topological polar surface area (TPSA) is 66.5 Å². The van der Waals surface area contributed by atoms with E-state index in [9.17, 15) is 4.39 Å². The summed E-state index contributed by atoms with van der Waals surface area (Å²) in [5, 5.41) is 10.8. The van der Waals surface area contributed by atoms with Crippen LogP contribution in [-0.4, -0.2) is 26.7 Å². The molecule has 0 radical (unpaired) electrons. The van der Waals surface area contributed by atoms with Crippen molar-refractivity contribution in [3.8, 4) is 0 Å². The SMILES string of the molecule is Cc1cc(F)ccc1CCNc1nc(Cl)nc2[nH]ncc12. The zero-order chi connectivity index (χ0) is 14.8. The lowest BCUT2D eigenvalue weighted by Crippen LogP contribution is -2.08. The van der Waals surface area contributed by atoms with E-state index >= 15 is 0 Å². The van der Waals surface area contributed by atoms with Gasteiger partial charge in [0.1, 0.15) is 11.6 Å². The number of nitrogens with zero attached hydrogens (tertiary/aromatic N) is 3. The van der Waals surface area contributed by atoms with E-state index < -0.39 is 0 Å². The summed E-state index contributed by atoms with van der Waals surface area (Å²) in [6, 6.07) is 4.80. The Kier molecular flexibility index (Phi) is 3.70. The summed E-state index contributed by atoms with van der Waals surface area (Å²) < 4.78 is 13.1. The summed E-state index contributed by atoms with van der Waals surface area (Å²) in [5.41, 5.74) is 2.62. The van der Waals surface area contributed by atoms with Crippen molar-refractivity contribution < 1.29 is 4.39 Å². The maximum atomic E-state index is 13.1. The largest absolute Gasteiger partial charge is 0.369 e. The fourth-order valence-electron chi connectivity index (χ4n) is 2.20. The number of aromatic nitrogens is 4. The summed E-state index contributed by atoms with van der Waals surface area (Å²) >= 11 is 5.87. The minimum absolute atomic E-state index is 0.159. The number of H-pyrrole nitrogens is 1. The highest BCUT2D eigenvalue weighted by molar-refractivity contribution is 6.28. The Labute approximate surface area is 125 Å². The molecule has 3 rings (SSSR count). The molecule has 0 saturated heterocycles. The van der Waals surface area contributed by atoms with Crippen LogP contribution < -0.4 is 5.32 Å². The van der Waals surface area contributed by atoms with Crippen molar-refractivity contribution in [2.45, 2.75) is 13.3 Å². The molecule has 0 aliphatic heterocycles. The molecule has 0 spiro atoms. The van der Waals surface area contributed by atoms with Gasteiger partial charge >= 0.3 is 0 Å². The Bertz CT molecular complexity index is 786. The molecule has 3 aromatic rings. The van der Waals surface area contributed by atoms with Crippen LogP contribution >= 0.6 is 11.6 Å². The van der Waals surface area contributed by atoms with Crippen molar-refractivity contribution in [3.05, 3.63) is 46.6 Å². The molecule has 2 N–H and O–H groups in total. The summed E-state index contributed by atoms with van der Waals surface area (Å²) in [6.45, 7) is 2.55. The Hall–Kier alpha value is -2.21. The first kappa shape index (κ1) is 13.8. The number of benzene rings is 1. The molecule has 5 nitrogen and oxygen atoms in total. The third kappa shape index (κ3) is 2.95. The van der Waals surface area contributed by atoms with Crippen LogP contribution in [0.2, 0.25) is 5.28 Å². The summed E-state index contributed by atoms with van der Waals surface area (Å²) in [6.07, 6.45) is 2.41. The minimum atomic E-state index is -0.216. The van der Waals surface area contributed by atoms with Gasteiger partial charge in [-0.2, -0.15) is 15.1 Å². The van der Waals surface area contributed by atoms with Crippen molar-refractivity contribution in [1.82, 2.24) is 20.2 Å². The quantitative estimate of drug-likeness (QED) is 0.727. The van der Waals surface area contributed by atoms with Crippen molar-refractivity contribution in [2.75, 3.05) is 11.9 Å². The van der Waals surface area contributed by atoms with Gasteiger partial charge in [0.25, 0.3) is 0 Å². The van der Waals surface area contributed by atoms with Gasteiger partial charge in [-0.05, 0) is 48.2 Å². The number of nitrogens with one attached hydrogen (secondary N) is 2. The van der Waals surface area contributed by atoms with Crippen LogP contribution in [0.5, 0.6) is 0 Å². The molecule has 7 heteroatoms. The van der Waals surface area contributed by atoms with E-state index in [1.165, 1.54) is 12.1 Å². The molecule has 1 aromatic carbocycles. The van der Waals surface area contributed by atoms with Crippen molar-refractivity contribution in [3.63, 3.8) is 0 Å². The normalized spacial score (nSPS) is 11.0. The number of hydrogen-bond donors (Lipinski definition) is 2. The summed E-state index contributed by atoms with van der Waals surface area (Å²) in [4.78, 5) is 8.21. The summed E-state index contributed by atoms with van der Waals surface area (Å²) in [5.74, 6) is 0.422. The Morgan fingerprint density at radius 1 is 1.33 bits per heavy atom. The predicted molar refractivity (Wildman–Crippen MR) is 80.0 cm³/mol. The molecule has 0 bridgehead atoms. The third-order valence-corrected chi connectivity index (χ3v) is 3.44. The lowest BCUT2D eigenvalue weighted by atomic mass is 10.1. The fraction of sp³-hybridized carbons (Fsp3) is 0.214. The maximum absolute atomic E-state index is 13.1. The lowest BCUT2D eigenvalue weighted by molar-refractivity contribution is 0.625. The molecule has 2 aromatic heterocycles. The second-order valence-corrected chi connectivity index (χ2v) is 5.06. The van der Waals surface area contributed by atoms with Crippen LogP contribution in [0.1, 0.15) is 11.1 Å². The molecule has 0 aliphatic carbocycles. The van der Waals surface area contributed by atoms with Crippen molar-refractivity contribution in [1.29, 1.82) is 0 Å². The zero-order valence-corrected chi connectivity index (χ0v) is 12.1. The van der Waals surface area contributed by atoms with E-state index in [-0.39, 0.29) is 11.1 Å². The molecule has 0 amide bonds. The van der Waals surface area contributed by atoms with E-state index in [4.69, 9.17) is 11.6 Å². The van der Waals surface area contributed by atoms with E-state index in [2.05, 4.69) is 25.5 Å². The van der Waals surface area contributed by atoms with Crippen LogP contribution in [0.25, 0.3) is 11.0 Å². The number of halogens is 2. The number of anilines is 1. The molecular weight excluding hydrogens is 293 g/mol. The smallest absolute Gasteiger partial charge is 0.226 e. The molecule has 21 heavy (non-hydrogen) atoms. The van der Waals surface area contributed by atoms with Crippen LogP contribution in [0.4, 0.5) is 10.2 Å². The molecule has 2 heterocycles. The highest BCUT2D eigenvalue weighted by atomic mass is 35.5. The van der Waals surface area contributed by atoms with Gasteiger partial charge in [0, 0.05) is 6.54 Å². The van der Waals surface area contributed by atoms with Gasteiger partial charge in [-0.25, -0.2) is 4.39 Å². The van der Waals surface area contributed by atoms with Gasteiger partial charge in [0.05, 0.1) is 11.6 Å². The average molecular weight is 306 g/mol. The van der Waals surface area contributed by atoms with Crippen molar-refractivity contribution in [2.24, 2.45) is 0 Å². The van der Waals surface area contributed by atoms with E-state index in [1.54, 1.807) is 12.3 Å². The highest BCUT2D eigenvalue weighted by Gasteiger charge is 2.08. The maximum Gasteiger partial charge on any atom is 0.226 e. The predicted octanol–water partition coefficient (Wildman–Crippen LogP) is 3.11. The van der Waals surface area contributed by atoms with Crippen LogP contribution in [-0.2, 0) is 6.42 Å².